The third-order valence-corrected chi connectivity index (χ3v) is 3.99. The number of nitrogens with zero attached hydrogens (tertiary/aromatic N) is 1. The summed E-state index contributed by atoms with van der Waals surface area (Å²) in [7, 11) is 0. The molecule has 1 unspecified atom stereocenters. The molecule has 0 spiro atoms. The molecular weight excluding hydrogens is 332 g/mol. The fourth-order valence-corrected chi connectivity index (χ4v) is 2.65. The van der Waals surface area contributed by atoms with Crippen molar-refractivity contribution < 1.29 is 14.5 Å². The molecule has 0 saturated heterocycles. The normalized spacial score (nSPS) is 11.7. The van der Waals surface area contributed by atoms with Crippen LogP contribution in [0.3, 0.4) is 0 Å². The molecule has 0 aromatic heterocycles. The van der Waals surface area contributed by atoms with Crippen molar-refractivity contribution in [2.24, 2.45) is 0 Å². The molecule has 0 saturated carbocycles. The van der Waals surface area contributed by atoms with E-state index >= 15 is 0 Å². The maximum absolute atomic E-state index is 12.5. The van der Waals surface area contributed by atoms with E-state index in [1.807, 2.05) is 49.4 Å². The van der Waals surface area contributed by atoms with Crippen LogP contribution in [0.25, 0.3) is 10.8 Å². The third kappa shape index (κ3) is 3.97. The molecule has 3 aromatic carbocycles. The van der Waals surface area contributed by atoms with E-state index in [1.54, 1.807) is 6.07 Å². The van der Waals surface area contributed by atoms with Crippen LogP contribution in [0.5, 0.6) is 5.75 Å². The lowest BCUT2D eigenvalue weighted by molar-refractivity contribution is -0.384. The van der Waals surface area contributed by atoms with Crippen molar-refractivity contribution in [1.29, 1.82) is 0 Å². The summed E-state index contributed by atoms with van der Waals surface area (Å²) in [5.74, 6) is 0.255. The maximum atomic E-state index is 12.5. The SMILES string of the molecule is CCC(Oc1ccc2ccccc2c1)C(=O)Nc1cccc([N+](=O)[O-])c1. The van der Waals surface area contributed by atoms with Gasteiger partial charge in [0.2, 0.25) is 0 Å². The van der Waals surface area contributed by atoms with Gasteiger partial charge < -0.3 is 10.1 Å². The van der Waals surface area contributed by atoms with E-state index in [0.717, 1.165) is 10.8 Å². The molecule has 6 heteroatoms. The molecule has 1 atom stereocenters. The number of benzene rings is 3. The Morgan fingerprint density at radius 3 is 2.58 bits per heavy atom. The predicted molar refractivity (Wildman–Crippen MR) is 100 cm³/mol. The quantitative estimate of drug-likeness (QED) is 0.522. The molecule has 26 heavy (non-hydrogen) atoms. The van der Waals surface area contributed by atoms with Gasteiger partial charge in [0.05, 0.1) is 4.92 Å². The summed E-state index contributed by atoms with van der Waals surface area (Å²) in [5, 5.41) is 15.6. The van der Waals surface area contributed by atoms with Crippen LogP contribution in [0.15, 0.2) is 66.7 Å². The molecule has 0 aliphatic rings. The molecule has 0 heterocycles. The van der Waals surface area contributed by atoms with Crippen molar-refractivity contribution >= 4 is 28.1 Å². The van der Waals surface area contributed by atoms with Gasteiger partial charge in [0.25, 0.3) is 11.6 Å². The fourth-order valence-electron chi connectivity index (χ4n) is 2.65. The lowest BCUT2D eigenvalue weighted by Gasteiger charge is -2.17. The van der Waals surface area contributed by atoms with Crippen molar-refractivity contribution in [1.82, 2.24) is 0 Å². The first kappa shape index (κ1) is 17.4. The first-order valence-corrected chi connectivity index (χ1v) is 8.27. The van der Waals surface area contributed by atoms with Gasteiger partial charge in [-0.2, -0.15) is 0 Å². The van der Waals surface area contributed by atoms with Gasteiger partial charge in [0, 0.05) is 17.8 Å². The van der Waals surface area contributed by atoms with Crippen LogP contribution >= 0.6 is 0 Å². The zero-order valence-electron chi connectivity index (χ0n) is 14.2. The molecule has 0 aliphatic heterocycles. The van der Waals surface area contributed by atoms with Crippen molar-refractivity contribution in [3.8, 4) is 5.75 Å². The number of carbonyl (C=O) groups excluding carboxylic acids is 1. The summed E-state index contributed by atoms with van der Waals surface area (Å²) >= 11 is 0. The van der Waals surface area contributed by atoms with Gasteiger partial charge in [-0.1, -0.05) is 43.3 Å². The standard InChI is InChI=1S/C20H18N2O4/c1-2-19(20(23)21-16-8-5-9-17(13-16)22(24)25)26-18-11-10-14-6-3-4-7-15(14)12-18/h3-13,19H,2H2,1H3,(H,21,23). The highest BCUT2D eigenvalue weighted by Crippen LogP contribution is 2.23. The van der Waals surface area contributed by atoms with Crippen LogP contribution in [-0.2, 0) is 4.79 Å². The van der Waals surface area contributed by atoms with E-state index < -0.39 is 11.0 Å². The minimum Gasteiger partial charge on any atom is -0.481 e. The highest BCUT2D eigenvalue weighted by atomic mass is 16.6. The van der Waals surface area contributed by atoms with Crippen LogP contribution in [-0.4, -0.2) is 16.9 Å². The first-order chi connectivity index (χ1) is 12.6. The Kier molecular flexibility index (Phi) is 5.12. The van der Waals surface area contributed by atoms with Crippen LogP contribution in [0.1, 0.15) is 13.3 Å². The lowest BCUT2D eigenvalue weighted by atomic mass is 10.1. The minimum atomic E-state index is -0.699. The van der Waals surface area contributed by atoms with Gasteiger partial charge >= 0.3 is 0 Å². The fraction of sp³-hybridized carbons (Fsp3) is 0.150. The number of amides is 1. The van der Waals surface area contributed by atoms with Gasteiger partial charge in [-0.3, -0.25) is 14.9 Å². The Bertz CT molecular complexity index is 955. The second kappa shape index (κ2) is 7.65. The summed E-state index contributed by atoms with van der Waals surface area (Å²) in [6.45, 7) is 1.85. The number of hydrogen-bond acceptors (Lipinski definition) is 4. The number of nitro benzene ring substituents is 1. The molecule has 0 bridgehead atoms. The molecule has 1 N–H and O–H groups in total. The largest absolute Gasteiger partial charge is 0.481 e. The molecule has 3 rings (SSSR count). The van der Waals surface area contributed by atoms with E-state index in [-0.39, 0.29) is 11.6 Å². The van der Waals surface area contributed by atoms with Crippen molar-refractivity contribution in [3.05, 3.63) is 76.8 Å². The molecule has 0 radical (unpaired) electrons. The van der Waals surface area contributed by atoms with Gasteiger partial charge in [-0.05, 0) is 35.4 Å². The van der Waals surface area contributed by atoms with Crippen LogP contribution in [0.2, 0.25) is 0 Å². The topological polar surface area (TPSA) is 81.5 Å². The Balaban J connectivity index is 1.74. The highest BCUT2D eigenvalue weighted by Gasteiger charge is 2.19. The first-order valence-electron chi connectivity index (χ1n) is 8.27. The van der Waals surface area contributed by atoms with Gasteiger partial charge in [-0.15, -0.1) is 0 Å². The highest BCUT2D eigenvalue weighted by molar-refractivity contribution is 5.94. The second-order valence-corrected chi connectivity index (χ2v) is 5.82. The van der Waals surface area contributed by atoms with E-state index in [2.05, 4.69) is 5.32 Å². The molecule has 0 aliphatic carbocycles. The number of rotatable bonds is 6. The van der Waals surface area contributed by atoms with Crippen LogP contribution in [0.4, 0.5) is 11.4 Å². The molecule has 6 nitrogen and oxygen atoms in total. The van der Waals surface area contributed by atoms with E-state index in [0.29, 0.717) is 17.9 Å². The second-order valence-electron chi connectivity index (χ2n) is 5.82. The number of anilines is 1. The number of fused-ring (bicyclic) bond motifs is 1. The summed E-state index contributed by atoms with van der Waals surface area (Å²) in [4.78, 5) is 22.8. The molecular formula is C20H18N2O4. The van der Waals surface area contributed by atoms with Crippen molar-refractivity contribution in [3.63, 3.8) is 0 Å². The minimum absolute atomic E-state index is 0.0775. The Hall–Kier alpha value is -3.41. The van der Waals surface area contributed by atoms with Gasteiger partial charge in [0.15, 0.2) is 6.10 Å². The van der Waals surface area contributed by atoms with E-state index in [4.69, 9.17) is 4.74 Å². The Morgan fingerprint density at radius 1 is 1.08 bits per heavy atom. The molecule has 3 aromatic rings. The summed E-state index contributed by atoms with van der Waals surface area (Å²) in [6, 6.07) is 19.4. The zero-order chi connectivity index (χ0) is 18.5. The monoisotopic (exact) mass is 350 g/mol. The smallest absolute Gasteiger partial charge is 0.271 e. The predicted octanol–water partition coefficient (Wildman–Crippen LogP) is 4.54. The molecule has 132 valence electrons. The summed E-state index contributed by atoms with van der Waals surface area (Å²) < 4.78 is 5.84. The van der Waals surface area contributed by atoms with Crippen molar-refractivity contribution in [2.75, 3.05) is 5.32 Å². The Labute approximate surface area is 150 Å². The maximum Gasteiger partial charge on any atom is 0.271 e. The average Bonchev–Trinajstić information content (AvgIpc) is 2.66. The van der Waals surface area contributed by atoms with Crippen LogP contribution in [0, 0.1) is 10.1 Å². The third-order valence-electron chi connectivity index (χ3n) is 3.99. The number of ether oxygens (including phenoxy) is 1. The number of nitro groups is 1. The Morgan fingerprint density at radius 2 is 1.85 bits per heavy atom. The van der Waals surface area contributed by atoms with Gasteiger partial charge in [-0.25, -0.2) is 0 Å². The number of non-ortho nitro benzene ring substituents is 1. The average molecular weight is 350 g/mol. The van der Waals surface area contributed by atoms with E-state index in [1.165, 1.54) is 18.2 Å². The van der Waals surface area contributed by atoms with Crippen molar-refractivity contribution in [2.45, 2.75) is 19.4 Å². The summed E-state index contributed by atoms with van der Waals surface area (Å²) in [5.41, 5.74) is 0.288. The van der Waals surface area contributed by atoms with Crippen LogP contribution < -0.4 is 10.1 Å². The summed E-state index contributed by atoms with van der Waals surface area (Å²) in [6.07, 6.45) is -0.233. The number of hydrogen-bond donors (Lipinski definition) is 1. The van der Waals surface area contributed by atoms with E-state index in [9.17, 15) is 14.9 Å². The number of carbonyl (C=O) groups is 1. The van der Waals surface area contributed by atoms with Gasteiger partial charge in [0.1, 0.15) is 5.75 Å². The lowest BCUT2D eigenvalue weighted by Crippen LogP contribution is -2.32. The number of nitrogens with one attached hydrogen (secondary N) is 1. The molecule has 0 fully saturated rings. The zero-order valence-corrected chi connectivity index (χ0v) is 14.2. The molecule has 1 amide bonds.